The molecule has 1 heterocycles. The number of benzene rings is 1. The van der Waals surface area contributed by atoms with Gasteiger partial charge in [0.15, 0.2) is 0 Å². The molecule has 3 aliphatic rings. The van der Waals surface area contributed by atoms with E-state index >= 15 is 0 Å². The van der Waals surface area contributed by atoms with Gasteiger partial charge in [-0.25, -0.2) is 0 Å². The van der Waals surface area contributed by atoms with Crippen molar-refractivity contribution in [3.8, 4) is 0 Å². The lowest BCUT2D eigenvalue weighted by molar-refractivity contribution is -0.130. The first kappa shape index (κ1) is 16.6. The fraction of sp³-hybridized carbons (Fsp3) is 0.619. The van der Waals surface area contributed by atoms with Gasteiger partial charge < -0.3 is 10.2 Å². The molecule has 0 bridgehead atoms. The molecule has 1 unspecified atom stereocenters. The predicted octanol–water partition coefficient (Wildman–Crippen LogP) is 3.11. The number of carbonyl (C=O) groups excluding carboxylic acids is 2. The number of piperidine rings is 1. The molecule has 4 rings (SSSR count). The summed E-state index contributed by atoms with van der Waals surface area (Å²) in [6.07, 6.45) is 7.21. The molecule has 1 atom stereocenters. The third kappa shape index (κ3) is 3.07. The molecule has 1 aliphatic heterocycles. The molecule has 4 heteroatoms. The van der Waals surface area contributed by atoms with Crippen LogP contribution < -0.4 is 5.32 Å². The van der Waals surface area contributed by atoms with Crippen molar-refractivity contribution in [2.75, 3.05) is 13.1 Å². The van der Waals surface area contributed by atoms with Crippen molar-refractivity contribution in [2.24, 2.45) is 0 Å². The van der Waals surface area contributed by atoms with Gasteiger partial charge in [-0.05, 0) is 61.0 Å². The molecular formula is C21H28N2O2. The van der Waals surface area contributed by atoms with Crippen LogP contribution in [0.4, 0.5) is 0 Å². The fourth-order valence-electron chi connectivity index (χ4n) is 5.00. The smallest absolute Gasteiger partial charge is 0.220 e. The number of nitrogens with zero attached hydrogens (tertiary/aromatic N) is 1. The highest BCUT2D eigenvalue weighted by atomic mass is 16.2. The molecule has 134 valence electrons. The van der Waals surface area contributed by atoms with E-state index in [1.165, 1.54) is 17.5 Å². The van der Waals surface area contributed by atoms with Gasteiger partial charge in [-0.3, -0.25) is 9.59 Å². The molecule has 1 N–H and O–H groups in total. The van der Waals surface area contributed by atoms with Crippen LogP contribution in [0.2, 0.25) is 0 Å². The maximum absolute atomic E-state index is 12.5. The number of nitrogens with one attached hydrogen (secondary N) is 1. The van der Waals surface area contributed by atoms with Crippen molar-refractivity contribution in [1.29, 1.82) is 0 Å². The first-order chi connectivity index (χ1) is 12.1. The molecular weight excluding hydrogens is 312 g/mol. The Hall–Kier alpha value is -1.84. The van der Waals surface area contributed by atoms with E-state index in [4.69, 9.17) is 0 Å². The van der Waals surface area contributed by atoms with Gasteiger partial charge in [0.05, 0.1) is 0 Å². The first-order valence-corrected chi connectivity index (χ1v) is 9.72. The van der Waals surface area contributed by atoms with E-state index in [1.54, 1.807) is 6.92 Å². The first-order valence-electron chi connectivity index (χ1n) is 9.72. The lowest BCUT2D eigenvalue weighted by Crippen LogP contribution is -2.43. The van der Waals surface area contributed by atoms with Gasteiger partial charge in [0.2, 0.25) is 11.8 Å². The van der Waals surface area contributed by atoms with Gasteiger partial charge in [0.1, 0.15) is 0 Å². The zero-order chi connectivity index (χ0) is 17.4. The number of hydrogen-bond donors (Lipinski definition) is 1. The molecule has 2 amide bonds. The number of amides is 2. The van der Waals surface area contributed by atoms with Crippen molar-refractivity contribution in [1.82, 2.24) is 10.2 Å². The van der Waals surface area contributed by atoms with Crippen LogP contribution in [0.1, 0.15) is 68.9 Å². The van der Waals surface area contributed by atoms with Crippen LogP contribution in [-0.4, -0.2) is 35.8 Å². The second kappa shape index (κ2) is 6.47. The average molecular weight is 340 g/mol. The summed E-state index contributed by atoms with van der Waals surface area (Å²) in [5, 5.41) is 3.20. The average Bonchev–Trinajstić information content (AvgIpc) is 2.86. The Morgan fingerprint density at radius 2 is 1.92 bits per heavy atom. The van der Waals surface area contributed by atoms with E-state index in [2.05, 4.69) is 29.6 Å². The maximum atomic E-state index is 12.5. The van der Waals surface area contributed by atoms with Crippen LogP contribution in [0.25, 0.3) is 0 Å². The second-order valence-electron chi connectivity index (χ2n) is 8.17. The SMILES string of the molecule is CC(=O)N1CCC2(CC1)CC(CC(=O)NC1CCC1)c1ccccc12. The highest BCUT2D eigenvalue weighted by Crippen LogP contribution is 2.52. The quantitative estimate of drug-likeness (QED) is 0.919. The summed E-state index contributed by atoms with van der Waals surface area (Å²) in [4.78, 5) is 26.1. The summed E-state index contributed by atoms with van der Waals surface area (Å²) in [6.45, 7) is 3.34. The zero-order valence-corrected chi connectivity index (χ0v) is 15.1. The molecule has 2 aliphatic carbocycles. The Kier molecular flexibility index (Phi) is 4.30. The van der Waals surface area contributed by atoms with Crippen molar-refractivity contribution >= 4 is 11.8 Å². The summed E-state index contributed by atoms with van der Waals surface area (Å²) in [6, 6.07) is 9.09. The van der Waals surface area contributed by atoms with Gasteiger partial charge in [-0.1, -0.05) is 24.3 Å². The fourth-order valence-corrected chi connectivity index (χ4v) is 5.00. The summed E-state index contributed by atoms with van der Waals surface area (Å²) in [5.41, 5.74) is 2.95. The van der Waals surface area contributed by atoms with E-state index in [9.17, 15) is 9.59 Å². The Morgan fingerprint density at radius 3 is 2.56 bits per heavy atom. The maximum Gasteiger partial charge on any atom is 0.220 e. The highest BCUT2D eigenvalue weighted by Gasteiger charge is 2.45. The summed E-state index contributed by atoms with van der Waals surface area (Å²) >= 11 is 0. The number of carbonyl (C=O) groups is 2. The number of rotatable bonds is 3. The Bertz CT molecular complexity index is 672. The molecule has 2 fully saturated rings. The molecule has 1 saturated carbocycles. The van der Waals surface area contributed by atoms with Crippen molar-refractivity contribution in [2.45, 2.75) is 69.2 Å². The van der Waals surface area contributed by atoms with E-state index in [1.807, 2.05) is 4.90 Å². The largest absolute Gasteiger partial charge is 0.353 e. The van der Waals surface area contributed by atoms with E-state index in [0.29, 0.717) is 18.4 Å². The third-order valence-corrected chi connectivity index (χ3v) is 6.68. The van der Waals surface area contributed by atoms with Crippen molar-refractivity contribution in [3.63, 3.8) is 0 Å². The van der Waals surface area contributed by atoms with E-state index in [-0.39, 0.29) is 17.2 Å². The summed E-state index contributed by atoms with van der Waals surface area (Å²) in [7, 11) is 0. The van der Waals surface area contributed by atoms with Crippen LogP contribution in [-0.2, 0) is 15.0 Å². The Morgan fingerprint density at radius 1 is 1.20 bits per heavy atom. The number of fused-ring (bicyclic) bond motifs is 2. The van der Waals surface area contributed by atoms with Gasteiger partial charge in [0.25, 0.3) is 0 Å². The van der Waals surface area contributed by atoms with Crippen LogP contribution >= 0.6 is 0 Å². The monoisotopic (exact) mass is 340 g/mol. The van der Waals surface area contributed by atoms with Gasteiger partial charge in [-0.15, -0.1) is 0 Å². The van der Waals surface area contributed by atoms with Crippen LogP contribution in [0.3, 0.4) is 0 Å². The van der Waals surface area contributed by atoms with E-state index in [0.717, 1.165) is 45.2 Å². The standard InChI is InChI=1S/C21H28N2O2/c1-15(24)23-11-9-21(10-12-23)14-16(18-7-2-3-8-19(18)21)13-20(25)22-17-5-4-6-17/h2-3,7-8,16-17H,4-6,9-14H2,1H3,(H,22,25). The lowest BCUT2D eigenvalue weighted by Gasteiger charge is -2.40. The third-order valence-electron chi connectivity index (χ3n) is 6.68. The molecule has 1 aromatic rings. The summed E-state index contributed by atoms with van der Waals surface area (Å²) in [5.74, 6) is 0.709. The molecule has 1 saturated heterocycles. The molecule has 4 nitrogen and oxygen atoms in total. The number of hydrogen-bond acceptors (Lipinski definition) is 2. The van der Waals surface area contributed by atoms with Gasteiger partial charge in [-0.2, -0.15) is 0 Å². The molecule has 0 radical (unpaired) electrons. The predicted molar refractivity (Wildman–Crippen MR) is 97.4 cm³/mol. The highest BCUT2D eigenvalue weighted by molar-refractivity contribution is 5.78. The molecule has 1 aromatic carbocycles. The van der Waals surface area contributed by atoms with Crippen LogP contribution in [0.15, 0.2) is 24.3 Å². The summed E-state index contributed by atoms with van der Waals surface area (Å²) < 4.78 is 0. The Balaban J connectivity index is 1.50. The lowest BCUT2D eigenvalue weighted by atomic mass is 9.73. The minimum Gasteiger partial charge on any atom is -0.353 e. The minimum atomic E-state index is 0.157. The van der Waals surface area contributed by atoms with Crippen molar-refractivity contribution in [3.05, 3.63) is 35.4 Å². The molecule has 1 spiro atoms. The van der Waals surface area contributed by atoms with Crippen LogP contribution in [0.5, 0.6) is 0 Å². The topological polar surface area (TPSA) is 49.4 Å². The van der Waals surface area contributed by atoms with E-state index < -0.39 is 0 Å². The van der Waals surface area contributed by atoms with Crippen molar-refractivity contribution < 1.29 is 9.59 Å². The van der Waals surface area contributed by atoms with Crippen LogP contribution in [0, 0.1) is 0 Å². The molecule has 0 aromatic heterocycles. The zero-order valence-electron chi connectivity index (χ0n) is 15.1. The van der Waals surface area contributed by atoms with Gasteiger partial charge >= 0.3 is 0 Å². The number of likely N-dealkylation sites (tertiary alicyclic amines) is 1. The molecule has 25 heavy (non-hydrogen) atoms. The second-order valence-corrected chi connectivity index (χ2v) is 8.17. The Labute approximate surface area is 150 Å². The van der Waals surface area contributed by atoms with Gasteiger partial charge in [0, 0.05) is 32.5 Å². The normalized spacial score (nSPS) is 24.7. The minimum absolute atomic E-state index is 0.157.